The number of hydrogen-bond donors (Lipinski definition) is 4. The number of carbonyl (C=O) groups excluding carboxylic acids is 1. The number of amides is 1. The van der Waals surface area contributed by atoms with Gasteiger partial charge in [0.1, 0.15) is 5.75 Å². The van der Waals surface area contributed by atoms with Crippen molar-refractivity contribution >= 4 is 23.3 Å². The van der Waals surface area contributed by atoms with Crippen LogP contribution in [0.5, 0.6) is 5.75 Å². The number of aromatic hydroxyl groups is 1. The van der Waals surface area contributed by atoms with E-state index in [0.717, 1.165) is 11.1 Å². The van der Waals surface area contributed by atoms with Crippen LogP contribution in [0, 0.1) is 0 Å². The highest BCUT2D eigenvalue weighted by Gasteiger charge is 2.17. The van der Waals surface area contributed by atoms with Crippen molar-refractivity contribution in [2.45, 2.75) is 0 Å². The molecule has 0 bridgehead atoms. The second kappa shape index (κ2) is 7.61. The molecule has 0 radical (unpaired) electrons. The molecule has 0 atom stereocenters. The van der Waals surface area contributed by atoms with Crippen LogP contribution >= 0.6 is 0 Å². The summed E-state index contributed by atoms with van der Waals surface area (Å²) in [6, 6.07) is 18.7. The molecule has 0 heterocycles. The molecule has 4 N–H and O–H groups in total. The van der Waals surface area contributed by atoms with Gasteiger partial charge in [-0.25, -0.2) is 4.79 Å². The molecule has 0 saturated carbocycles. The maximum Gasteiger partial charge on any atom is 0.337 e. The van der Waals surface area contributed by atoms with Gasteiger partial charge in [-0.05, 0) is 35.4 Å². The summed E-state index contributed by atoms with van der Waals surface area (Å²) >= 11 is 0. The molecule has 3 aromatic carbocycles. The number of carboxylic acids is 1. The summed E-state index contributed by atoms with van der Waals surface area (Å²) in [5, 5.41) is 24.9. The number of hydrogen-bond acceptors (Lipinski definition) is 4. The lowest BCUT2D eigenvalue weighted by Crippen LogP contribution is -2.15. The van der Waals surface area contributed by atoms with E-state index in [9.17, 15) is 19.8 Å². The van der Waals surface area contributed by atoms with Crippen molar-refractivity contribution in [1.29, 1.82) is 0 Å². The summed E-state index contributed by atoms with van der Waals surface area (Å²) in [5.74, 6) is -1.95. The minimum Gasteiger partial charge on any atom is -0.507 e. The Morgan fingerprint density at radius 3 is 2.19 bits per heavy atom. The zero-order chi connectivity index (χ0) is 19.4. The molecule has 0 aromatic heterocycles. The molecule has 6 nitrogen and oxygen atoms in total. The quantitative estimate of drug-likeness (QED) is 0.549. The lowest BCUT2D eigenvalue weighted by Gasteiger charge is -2.12. The molecular formula is C21H18N2O4. The predicted molar refractivity (Wildman–Crippen MR) is 104 cm³/mol. The van der Waals surface area contributed by atoms with Gasteiger partial charge in [-0.2, -0.15) is 0 Å². The molecule has 0 aliphatic heterocycles. The van der Waals surface area contributed by atoms with E-state index in [2.05, 4.69) is 10.6 Å². The summed E-state index contributed by atoms with van der Waals surface area (Å²) in [6.45, 7) is 0. The number of benzene rings is 3. The molecule has 0 spiro atoms. The van der Waals surface area contributed by atoms with Crippen molar-refractivity contribution in [2.24, 2.45) is 0 Å². The molecule has 6 heteroatoms. The van der Waals surface area contributed by atoms with Crippen molar-refractivity contribution in [3.8, 4) is 16.9 Å². The number of phenols is 1. The number of nitrogens with one attached hydrogen (secondary N) is 2. The Labute approximate surface area is 156 Å². The molecule has 3 aromatic rings. The van der Waals surface area contributed by atoms with Crippen LogP contribution in [0.3, 0.4) is 0 Å². The highest BCUT2D eigenvalue weighted by atomic mass is 16.4. The fraction of sp³-hybridized carbons (Fsp3) is 0.0476. The Morgan fingerprint density at radius 1 is 0.852 bits per heavy atom. The summed E-state index contributed by atoms with van der Waals surface area (Å²) < 4.78 is 0. The van der Waals surface area contributed by atoms with Gasteiger partial charge in [0.15, 0.2) is 0 Å². The monoisotopic (exact) mass is 362 g/mol. The van der Waals surface area contributed by atoms with Crippen LogP contribution in [-0.4, -0.2) is 29.1 Å². The van der Waals surface area contributed by atoms with Gasteiger partial charge in [0.25, 0.3) is 5.91 Å². The number of rotatable bonds is 5. The predicted octanol–water partition coefficient (Wildman–Crippen LogP) is 4.05. The Bertz CT molecular complexity index is 1000. The van der Waals surface area contributed by atoms with Crippen LogP contribution in [0.4, 0.5) is 11.4 Å². The van der Waals surface area contributed by atoms with Crippen LogP contribution in [0.25, 0.3) is 11.1 Å². The van der Waals surface area contributed by atoms with E-state index >= 15 is 0 Å². The molecule has 1 amide bonds. The maximum atomic E-state index is 12.6. The highest BCUT2D eigenvalue weighted by molar-refractivity contribution is 6.09. The van der Waals surface area contributed by atoms with Gasteiger partial charge < -0.3 is 20.8 Å². The molecule has 0 aliphatic rings. The SMILES string of the molecule is CNc1ccc(C(=O)Nc2cc(-c3ccccc3)ccc2C(=O)O)c(O)c1. The van der Waals surface area contributed by atoms with Gasteiger partial charge in [0.05, 0.1) is 16.8 Å². The smallest absolute Gasteiger partial charge is 0.337 e. The van der Waals surface area contributed by atoms with Crippen molar-refractivity contribution < 1.29 is 19.8 Å². The molecule has 0 unspecified atom stereocenters. The standard InChI is InChI=1S/C21H18N2O4/c1-22-15-8-10-17(19(24)12-15)20(25)23-18-11-14(7-9-16(18)21(26)27)13-5-3-2-4-6-13/h2-12,22,24H,1H3,(H,23,25)(H,26,27). The second-order valence-electron chi connectivity index (χ2n) is 5.87. The van der Waals surface area contributed by atoms with Crippen LogP contribution in [-0.2, 0) is 0 Å². The molecule has 0 aliphatic carbocycles. The van der Waals surface area contributed by atoms with Gasteiger partial charge in [0.2, 0.25) is 0 Å². The number of anilines is 2. The Balaban J connectivity index is 1.97. The number of phenolic OH excluding ortho intramolecular Hbond substituents is 1. The van der Waals surface area contributed by atoms with Crippen molar-refractivity contribution in [2.75, 3.05) is 17.7 Å². The topological polar surface area (TPSA) is 98.7 Å². The largest absolute Gasteiger partial charge is 0.507 e. The van der Waals surface area contributed by atoms with Gasteiger partial charge in [-0.1, -0.05) is 36.4 Å². The van der Waals surface area contributed by atoms with Crippen molar-refractivity contribution in [3.63, 3.8) is 0 Å². The lowest BCUT2D eigenvalue weighted by molar-refractivity contribution is 0.0698. The first-order valence-corrected chi connectivity index (χ1v) is 8.24. The van der Waals surface area contributed by atoms with Crippen LogP contribution in [0.2, 0.25) is 0 Å². The molecule has 0 fully saturated rings. The summed E-state index contributed by atoms with van der Waals surface area (Å²) in [7, 11) is 1.70. The molecule has 27 heavy (non-hydrogen) atoms. The van der Waals surface area contributed by atoms with E-state index < -0.39 is 11.9 Å². The minimum absolute atomic E-state index is 0.0330. The number of aromatic carboxylic acids is 1. The van der Waals surface area contributed by atoms with E-state index in [1.165, 1.54) is 18.2 Å². The summed E-state index contributed by atoms with van der Waals surface area (Å²) in [6.07, 6.45) is 0. The Kier molecular flexibility index (Phi) is 5.08. The summed E-state index contributed by atoms with van der Waals surface area (Å²) in [5.41, 5.74) is 2.49. The van der Waals surface area contributed by atoms with Crippen molar-refractivity contribution in [3.05, 3.63) is 77.9 Å². The average molecular weight is 362 g/mol. The zero-order valence-corrected chi connectivity index (χ0v) is 14.6. The van der Waals surface area contributed by atoms with E-state index in [1.54, 1.807) is 25.2 Å². The number of carboxylic acid groups (broad SMARTS) is 1. The van der Waals surface area contributed by atoms with Crippen LogP contribution < -0.4 is 10.6 Å². The third-order valence-corrected chi connectivity index (χ3v) is 4.14. The first kappa shape index (κ1) is 18.0. The fourth-order valence-electron chi connectivity index (χ4n) is 2.71. The number of carbonyl (C=O) groups is 2. The van der Waals surface area contributed by atoms with Crippen LogP contribution in [0.15, 0.2) is 66.7 Å². The Hall–Kier alpha value is -3.80. The van der Waals surface area contributed by atoms with Crippen LogP contribution in [0.1, 0.15) is 20.7 Å². The normalized spacial score (nSPS) is 10.3. The minimum atomic E-state index is -1.15. The Morgan fingerprint density at radius 2 is 1.56 bits per heavy atom. The lowest BCUT2D eigenvalue weighted by atomic mass is 10.0. The summed E-state index contributed by atoms with van der Waals surface area (Å²) in [4.78, 5) is 24.1. The highest BCUT2D eigenvalue weighted by Crippen LogP contribution is 2.28. The van der Waals surface area contributed by atoms with E-state index in [1.807, 2.05) is 30.3 Å². The van der Waals surface area contributed by atoms with Gasteiger partial charge in [-0.3, -0.25) is 4.79 Å². The maximum absolute atomic E-state index is 12.6. The van der Waals surface area contributed by atoms with E-state index in [0.29, 0.717) is 5.69 Å². The third kappa shape index (κ3) is 3.90. The average Bonchev–Trinajstić information content (AvgIpc) is 2.68. The third-order valence-electron chi connectivity index (χ3n) is 4.14. The molecular weight excluding hydrogens is 344 g/mol. The first-order chi connectivity index (χ1) is 13.0. The fourth-order valence-corrected chi connectivity index (χ4v) is 2.71. The first-order valence-electron chi connectivity index (χ1n) is 8.24. The van der Waals surface area contributed by atoms with Gasteiger partial charge in [0, 0.05) is 18.8 Å². The van der Waals surface area contributed by atoms with E-state index in [4.69, 9.17) is 0 Å². The molecule has 3 rings (SSSR count). The van der Waals surface area contributed by atoms with Crippen molar-refractivity contribution in [1.82, 2.24) is 0 Å². The zero-order valence-electron chi connectivity index (χ0n) is 14.6. The molecule has 136 valence electrons. The second-order valence-corrected chi connectivity index (χ2v) is 5.87. The molecule has 0 saturated heterocycles. The van der Waals surface area contributed by atoms with Gasteiger partial charge >= 0.3 is 5.97 Å². The van der Waals surface area contributed by atoms with Gasteiger partial charge in [-0.15, -0.1) is 0 Å². The van der Waals surface area contributed by atoms with E-state index in [-0.39, 0.29) is 22.6 Å².